The molecular weight excluding hydrogens is 385 g/mol. The van der Waals surface area contributed by atoms with Gasteiger partial charge in [0.1, 0.15) is 5.82 Å². The molecule has 3 rings (SSSR count). The van der Waals surface area contributed by atoms with Gasteiger partial charge in [0.05, 0.1) is 10.8 Å². The molecule has 3 nitrogen and oxygen atoms in total. The third-order valence-corrected chi connectivity index (χ3v) is 6.36. The first-order valence-electron chi connectivity index (χ1n) is 8.90. The van der Waals surface area contributed by atoms with E-state index in [0.717, 1.165) is 42.3 Å². The zero-order valence-corrected chi connectivity index (χ0v) is 16.4. The van der Waals surface area contributed by atoms with Crippen molar-refractivity contribution in [2.75, 3.05) is 19.6 Å². The Hall–Kier alpha value is -1.82. The topological polar surface area (TPSA) is 37.4 Å². The largest absolute Gasteiger partial charge is 0.299 e. The van der Waals surface area contributed by atoms with Crippen molar-refractivity contribution in [1.29, 1.82) is 0 Å². The smallest absolute Gasteiger partial charge is 0.162 e. The van der Waals surface area contributed by atoms with Crippen molar-refractivity contribution >= 4 is 28.2 Å². The molecule has 0 bridgehead atoms. The summed E-state index contributed by atoms with van der Waals surface area (Å²) in [5.74, 6) is -0.300. The lowest BCUT2D eigenvalue weighted by atomic mass is 10.1. The molecule has 0 N–H and O–H groups in total. The van der Waals surface area contributed by atoms with Crippen LogP contribution in [0.5, 0.6) is 0 Å². The molecule has 2 aromatic carbocycles. The van der Waals surface area contributed by atoms with Gasteiger partial charge >= 0.3 is 0 Å². The number of Topliss-reactive ketones (excluding diaryl/α,β-unsaturated/α-hetero) is 1. The lowest BCUT2D eigenvalue weighted by Gasteiger charge is -2.25. The summed E-state index contributed by atoms with van der Waals surface area (Å²) < 4.78 is 25.5. The highest BCUT2D eigenvalue weighted by Crippen LogP contribution is 2.22. The van der Waals surface area contributed by atoms with Crippen LogP contribution in [0.15, 0.2) is 64.4 Å². The van der Waals surface area contributed by atoms with E-state index in [-0.39, 0.29) is 11.6 Å². The van der Waals surface area contributed by atoms with Crippen LogP contribution in [0, 0.1) is 5.82 Å². The van der Waals surface area contributed by atoms with Gasteiger partial charge in [-0.1, -0.05) is 17.7 Å². The number of rotatable bonds is 7. The predicted molar refractivity (Wildman–Crippen MR) is 107 cm³/mol. The van der Waals surface area contributed by atoms with Crippen molar-refractivity contribution in [3.8, 4) is 0 Å². The average molecular weight is 406 g/mol. The van der Waals surface area contributed by atoms with Crippen molar-refractivity contribution in [3.05, 3.63) is 75.9 Å². The monoisotopic (exact) mass is 405 g/mol. The SMILES string of the molecule is O=C(CCCN1CC=C(S(=O)c2ccc(Cl)cc2)CC1)c1ccc(F)cc1. The van der Waals surface area contributed by atoms with E-state index >= 15 is 0 Å². The van der Waals surface area contributed by atoms with E-state index in [1.54, 1.807) is 24.3 Å². The number of hydrogen-bond acceptors (Lipinski definition) is 3. The molecule has 0 amide bonds. The zero-order valence-electron chi connectivity index (χ0n) is 14.9. The van der Waals surface area contributed by atoms with Crippen molar-refractivity contribution in [2.45, 2.75) is 24.2 Å². The summed E-state index contributed by atoms with van der Waals surface area (Å²) in [5, 5.41) is 0.634. The molecule has 0 aromatic heterocycles. The van der Waals surface area contributed by atoms with E-state index in [1.165, 1.54) is 24.3 Å². The molecular formula is C21H21ClFNO2S. The molecule has 0 saturated carbocycles. The first-order valence-corrected chi connectivity index (χ1v) is 10.4. The van der Waals surface area contributed by atoms with Gasteiger partial charge in [-0.3, -0.25) is 9.69 Å². The van der Waals surface area contributed by atoms with Gasteiger partial charge in [-0.15, -0.1) is 0 Å². The molecule has 1 heterocycles. The Bertz CT molecular complexity index is 849. The predicted octanol–water partition coefficient (Wildman–Crippen LogP) is 4.84. The zero-order chi connectivity index (χ0) is 19.2. The number of carbonyl (C=O) groups excluding carboxylic acids is 1. The van der Waals surface area contributed by atoms with Crippen molar-refractivity contribution in [1.82, 2.24) is 4.90 Å². The number of carbonyl (C=O) groups is 1. The van der Waals surface area contributed by atoms with Crippen molar-refractivity contribution in [3.63, 3.8) is 0 Å². The van der Waals surface area contributed by atoms with Gasteiger partial charge < -0.3 is 0 Å². The van der Waals surface area contributed by atoms with Gasteiger partial charge in [-0.2, -0.15) is 0 Å². The van der Waals surface area contributed by atoms with Crippen LogP contribution in [0.25, 0.3) is 0 Å². The van der Waals surface area contributed by atoms with Gasteiger partial charge in [0.25, 0.3) is 0 Å². The minimum absolute atomic E-state index is 0.0343. The second-order valence-corrected chi connectivity index (χ2v) is 8.45. The minimum Gasteiger partial charge on any atom is -0.299 e. The molecule has 0 saturated heterocycles. The van der Waals surface area contributed by atoms with Crippen molar-refractivity contribution < 1.29 is 13.4 Å². The highest BCUT2D eigenvalue weighted by atomic mass is 35.5. The van der Waals surface area contributed by atoms with Crippen LogP contribution in [-0.2, 0) is 10.8 Å². The third kappa shape index (κ3) is 5.58. The van der Waals surface area contributed by atoms with Gasteiger partial charge in [-0.05, 0) is 67.9 Å². The maximum atomic E-state index is 12.9. The Morgan fingerprint density at radius 2 is 1.81 bits per heavy atom. The second kappa shape index (κ2) is 9.40. The molecule has 0 radical (unpaired) electrons. The Balaban J connectivity index is 1.46. The van der Waals surface area contributed by atoms with Crippen LogP contribution in [0.3, 0.4) is 0 Å². The molecule has 1 unspecified atom stereocenters. The lowest BCUT2D eigenvalue weighted by Crippen LogP contribution is -2.30. The van der Waals surface area contributed by atoms with E-state index in [9.17, 15) is 13.4 Å². The van der Waals surface area contributed by atoms with Gasteiger partial charge in [0, 0.05) is 39.9 Å². The molecule has 0 spiro atoms. The second-order valence-electron chi connectivity index (χ2n) is 6.48. The van der Waals surface area contributed by atoms with Crippen LogP contribution in [-0.4, -0.2) is 34.5 Å². The first kappa shape index (κ1) is 19.9. The number of hydrogen-bond donors (Lipinski definition) is 0. The van der Waals surface area contributed by atoms with Crippen LogP contribution in [0.2, 0.25) is 5.02 Å². The van der Waals surface area contributed by atoms with E-state index < -0.39 is 10.8 Å². The molecule has 142 valence electrons. The fourth-order valence-electron chi connectivity index (χ4n) is 3.02. The van der Waals surface area contributed by atoms with Crippen LogP contribution in [0.1, 0.15) is 29.6 Å². The molecule has 0 aliphatic carbocycles. The fraction of sp³-hybridized carbons (Fsp3) is 0.286. The lowest BCUT2D eigenvalue weighted by molar-refractivity contribution is 0.0975. The number of benzene rings is 2. The van der Waals surface area contributed by atoms with E-state index in [2.05, 4.69) is 4.90 Å². The number of nitrogens with zero attached hydrogens (tertiary/aromatic N) is 1. The van der Waals surface area contributed by atoms with E-state index in [0.29, 0.717) is 17.0 Å². The number of ketones is 1. The third-order valence-electron chi connectivity index (χ3n) is 4.56. The molecule has 6 heteroatoms. The normalized spacial score (nSPS) is 16.0. The highest BCUT2D eigenvalue weighted by Gasteiger charge is 2.17. The van der Waals surface area contributed by atoms with E-state index in [1.807, 2.05) is 6.08 Å². The molecule has 1 atom stereocenters. The molecule has 0 fully saturated rings. The summed E-state index contributed by atoms with van der Waals surface area (Å²) in [4.78, 5) is 16.1. The van der Waals surface area contributed by atoms with Crippen LogP contribution in [0.4, 0.5) is 4.39 Å². The standard InChI is InChI=1S/C21H21ClFNO2S/c22-17-5-9-19(10-6-17)27(26)20-11-14-24(15-12-20)13-1-2-21(25)16-3-7-18(23)8-4-16/h3-11H,1-2,12-15H2. The van der Waals surface area contributed by atoms with Gasteiger partial charge in [0.15, 0.2) is 5.78 Å². The van der Waals surface area contributed by atoms with Crippen LogP contribution >= 0.6 is 11.6 Å². The Kier molecular flexibility index (Phi) is 6.94. The maximum absolute atomic E-state index is 12.9. The molecule has 2 aromatic rings. The summed E-state index contributed by atoms with van der Waals surface area (Å²) >= 11 is 5.88. The molecule has 27 heavy (non-hydrogen) atoms. The molecule has 1 aliphatic rings. The summed E-state index contributed by atoms with van der Waals surface area (Å²) in [7, 11) is -1.14. The summed E-state index contributed by atoms with van der Waals surface area (Å²) in [5.41, 5.74) is 0.551. The Labute approximate surface area is 166 Å². The highest BCUT2D eigenvalue weighted by molar-refractivity contribution is 7.89. The van der Waals surface area contributed by atoms with Gasteiger partial charge in [0.2, 0.25) is 0 Å². The quantitative estimate of drug-likeness (QED) is 0.618. The first-order chi connectivity index (χ1) is 13.0. The van der Waals surface area contributed by atoms with E-state index in [4.69, 9.17) is 11.6 Å². The summed E-state index contributed by atoms with van der Waals surface area (Å²) in [6, 6.07) is 12.8. The average Bonchev–Trinajstić information content (AvgIpc) is 2.69. The van der Waals surface area contributed by atoms with Crippen molar-refractivity contribution in [2.24, 2.45) is 0 Å². The maximum Gasteiger partial charge on any atom is 0.162 e. The fourth-order valence-corrected chi connectivity index (χ4v) is 4.33. The van der Waals surface area contributed by atoms with Crippen LogP contribution < -0.4 is 0 Å². The Morgan fingerprint density at radius 1 is 1.11 bits per heavy atom. The van der Waals surface area contributed by atoms with Gasteiger partial charge in [-0.25, -0.2) is 8.60 Å². The Morgan fingerprint density at radius 3 is 2.44 bits per heavy atom. The number of halogens is 2. The summed E-state index contributed by atoms with van der Waals surface area (Å²) in [6.07, 6.45) is 3.96. The summed E-state index contributed by atoms with van der Waals surface area (Å²) in [6.45, 7) is 2.37. The molecule has 1 aliphatic heterocycles. The minimum atomic E-state index is -1.14.